The molecule has 0 amide bonds. The number of aliphatic hydroxyl groups excluding tert-OH is 1. The van der Waals surface area contributed by atoms with Gasteiger partial charge in [0, 0.05) is 6.54 Å². The second-order valence-electron chi connectivity index (χ2n) is 3.91. The van der Waals surface area contributed by atoms with Crippen molar-refractivity contribution < 1.29 is 26.7 Å². The van der Waals surface area contributed by atoms with Gasteiger partial charge in [-0.2, -0.15) is 13.2 Å². The number of sulfonamides is 1. The van der Waals surface area contributed by atoms with E-state index >= 15 is 0 Å². The average molecular weight is 297 g/mol. The molecule has 0 saturated carbocycles. The SMILES string of the molecule is CCC(O)CNS(=O)(=O)c1ccccc1C(F)(F)F. The summed E-state index contributed by atoms with van der Waals surface area (Å²) in [5, 5.41) is 9.25. The minimum Gasteiger partial charge on any atom is -0.392 e. The summed E-state index contributed by atoms with van der Waals surface area (Å²) in [6, 6.07) is 3.90. The number of halogens is 3. The summed E-state index contributed by atoms with van der Waals surface area (Å²) >= 11 is 0. The fourth-order valence-electron chi connectivity index (χ4n) is 1.36. The van der Waals surface area contributed by atoms with Crippen LogP contribution in [0.2, 0.25) is 0 Å². The molecule has 0 aliphatic carbocycles. The van der Waals surface area contributed by atoms with Crippen LogP contribution in [-0.2, 0) is 16.2 Å². The smallest absolute Gasteiger partial charge is 0.392 e. The Morgan fingerprint density at radius 1 is 1.32 bits per heavy atom. The van der Waals surface area contributed by atoms with Crippen LogP contribution in [-0.4, -0.2) is 26.2 Å². The predicted molar refractivity (Wildman–Crippen MR) is 62.9 cm³/mol. The van der Waals surface area contributed by atoms with E-state index in [0.717, 1.165) is 12.1 Å². The van der Waals surface area contributed by atoms with Gasteiger partial charge in [-0.1, -0.05) is 19.1 Å². The number of hydrogen-bond donors (Lipinski definition) is 2. The molecule has 108 valence electrons. The van der Waals surface area contributed by atoms with Crippen molar-refractivity contribution in [1.82, 2.24) is 4.72 Å². The molecule has 8 heteroatoms. The Balaban J connectivity index is 3.09. The summed E-state index contributed by atoms with van der Waals surface area (Å²) < 4.78 is 63.7. The van der Waals surface area contributed by atoms with Gasteiger partial charge in [0.2, 0.25) is 10.0 Å². The summed E-state index contributed by atoms with van der Waals surface area (Å²) in [7, 11) is -4.31. The largest absolute Gasteiger partial charge is 0.417 e. The minimum atomic E-state index is -4.76. The van der Waals surface area contributed by atoms with E-state index in [4.69, 9.17) is 0 Å². The lowest BCUT2D eigenvalue weighted by molar-refractivity contribution is -0.139. The first-order chi connectivity index (χ1) is 8.68. The molecular formula is C11H14F3NO3S. The maximum absolute atomic E-state index is 12.7. The number of rotatable bonds is 5. The number of benzene rings is 1. The van der Waals surface area contributed by atoms with Gasteiger partial charge in [-0.15, -0.1) is 0 Å². The lowest BCUT2D eigenvalue weighted by Crippen LogP contribution is -2.33. The van der Waals surface area contributed by atoms with Gasteiger partial charge < -0.3 is 5.11 Å². The third kappa shape index (κ3) is 4.19. The topological polar surface area (TPSA) is 66.4 Å². The summed E-state index contributed by atoms with van der Waals surface area (Å²) in [6.07, 6.45) is -5.40. The molecule has 0 spiro atoms. The van der Waals surface area contributed by atoms with E-state index in [1.54, 1.807) is 6.92 Å². The van der Waals surface area contributed by atoms with E-state index in [9.17, 15) is 26.7 Å². The summed E-state index contributed by atoms with van der Waals surface area (Å²) in [4.78, 5) is -0.842. The molecule has 1 aromatic rings. The van der Waals surface area contributed by atoms with Gasteiger partial charge in [0.25, 0.3) is 0 Å². The molecule has 0 aromatic heterocycles. The zero-order valence-electron chi connectivity index (χ0n) is 10.1. The molecule has 1 rings (SSSR count). The van der Waals surface area contributed by atoms with Crippen LogP contribution in [0, 0.1) is 0 Å². The van der Waals surface area contributed by atoms with Gasteiger partial charge in [-0.05, 0) is 18.6 Å². The maximum Gasteiger partial charge on any atom is 0.417 e. The summed E-state index contributed by atoms with van der Waals surface area (Å²) in [5.74, 6) is 0. The molecule has 2 N–H and O–H groups in total. The van der Waals surface area contributed by atoms with Crippen LogP contribution >= 0.6 is 0 Å². The molecule has 0 heterocycles. The zero-order chi connectivity index (χ0) is 14.7. The van der Waals surface area contributed by atoms with E-state index in [0.29, 0.717) is 12.5 Å². The Bertz CT molecular complexity index is 528. The number of hydrogen-bond acceptors (Lipinski definition) is 3. The number of nitrogens with one attached hydrogen (secondary N) is 1. The van der Waals surface area contributed by atoms with E-state index in [-0.39, 0.29) is 6.54 Å². The lowest BCUT2D eigenvalue weighted by atomic mass is 10.2. The molecule has 0 fully saturated rings. The number of aliphatic hydroxyl groups is 1. The highest BCUT2D eigenvalue weighted by Gasteiger charge is 2.36. The predicted octanol–water partition coefficient (Wildman–Crippen LogP) is 1.75. The molecule has 19 heavy (non-hydrogen) atoms. The van der Waals surface area contributed by atoms with Crippen LogP contribution in [0.3, 0.4) is 0 Å². The zero-order valence-corrected chi connectivity index (χ0v) is 10.9. The highest BCUT2D eigenvalue weighted by molar-refractivity contribution is 7.89. The molecule has 0 bridgehead atoms. The van der Waals surface area contributed by atoms with Crippen LogP contribution in [0.1, 0.15) is 18.9 Å². The van der Waals surface area contributed by atoms with Crippen molar-refractivity contribution in [1.29, 1.82) is 0 Å². The van der Waals surface area contributed by atoms with E-state index in [1.165, 1.54) is 6.07 Å². The second-order valence-corrected chi connectivity index (χ2v) is 5.64. The van der Waals surface area contributed by atoms with E-state index < -0.39 is 32.8 Å². The minimum absolute atomic E-state index is 0.295. The highest BCUT2D eigenvalue weighted by atomic mass is 32.2. The van der Waals surface area contributed by atoms with Crippen molar-refractivity contribution in [2.24, 2.45) is 0 Å². The van der Waals surface area contributed by atoms with Crippen molar-refractivity contribution in [2.45, 2.75) is 30.5 Å². The first-order valence-corrected chi connectivity index (χ1v) is 7.00. The Hall–Kier alpha value is -1.12. The maximum atomic E-state index is 12.7. The molecular weight excluding hydrogens is 283 g/mol. The van der Waals surface area contributed by atoms with E-state index in [1.807, 2.05) is 4.72 Å². The third-order valence-electron chi connectivity index (χ3n) is 2.46. The molecule has 1 atom stereocenters. The fourth-order valence-corrected chi connectivity index (χ4v) is 2.66. The first kappa shape index (κ1) is 15.9. The Kier molecular flexibility index (Phi) is 4.94. The molecule has 0 aliphatic heterocycles. The molecule has 4 nitrogen and oxygen atoms in total. The van der Waals surface area contributed by atoms with Crippen molar-refractivity contribution >= 4 is 10.0 Å². The van der Waals surface area contributed by atoms with Gasteiger partial charge in [-0.3, -0.25) is 0 Å². The second kappa shape index (κ2) is 5.89. The first-order valence-electron chi connectivity index (χ1n) is 5.52. The normalized spacial score (nSPS) is 14.4. The quantitative estimate of drug-likeness (QED) is 0.870. The van der Waals surface area contributed by atoms with Crippen molar-refractivity contribution in [2.75, 3.05) is 6.54 Å². The molecule has 1 aromatic carbocycles. The van der Waals surface area contributed by atoms with Crippen molar-refractivity contribution in [3.63, 3.8) is 0 Å². The van der Waals surface area contributed by atoms with Crippen LogP contribution in [0.15, 0.2) is 29.2 Å². The summed E-state index contributed by atoms with van der Waals surface area (Å²) in [5.41, 5.74) is -1.23. The third-order valence-corrected chi connectivity index (χ3v) is 3.94. The van der Waals surface area contributed by atoms with Gasteiger partial charge in [0.15, 0.2) is 0 Å². The van der Waals surface area contributed by atoms with Gasteiger partial charge >= 0.3 is 6.18 Å². The van der Waals surface area contributed by atoms with Crippen molar-refractivity contribution in [3.05, 3.63) is 29.8 Å². The molecule has 0 saturated heterocycles. The Morgan fingerprint density at radius 2 is 1.89 bits per heavy atom. The van der Waals surface area contributed by atoms with Crippen molar-refractivity contribution in [3.8, 4) is 0 Å². The van der Waals surface area contributed by atoms with Crippen LogP contribution in [0.4, 0.5) is 13.2 Å². The fraction of sp³-hybridized carbons (Fsp3) is 0.455. The standard InChI is InChI=1S/C11H14F3NO3S/c1-2-8(16)7-15-19(17,18)10-6-4-3-5-9(10)11(12,13)14/h3-6,8,15-16H,2,7H2,1H3. The van der Waals surface area contributed by atoms with Crippen LogP contribution in [0.5, 0.6) is 0 Å². The average Bonchev–Trinajstić information content (AvgIpc) is 2.35. The molecule has 0 aliphatic rings. The monoisotopic (exact) mass is 297 g/mol. The van der Waals surface area contributed by atoms with Crippen LogP contribution in [0.25, 0.3) is 0 Å². The molecule has 0 radical (unpaired) electrons. The Morgan fingerprint density at radius 3 is 2.42 bits per heavy atom. The number of alkyl halides is 3. The van der Waals surface area contributed by atoms with Crippen LogP contribution < -0.4 is 4.72 Å². The summed E-state index contributed by atoms with van der Waals surface area (Å²) in [6.45, 7) is 1.30. The molecule has 1 unspecified atom stereocenters. The lowest BCUT2D eigenvalue weighted by Gasteiger charge is -2.14. The highest BCUT2D eigenvalue weighted by Crippen LogP contribution is 2.33. The van der Waals surface area contributed by atoms with Gasteiger partial charge in [-0.25, -0.2) is 13.1 Å². The van der Waals surface area contributed by atoms with Gasteiger partial charge in [0.05, 0.1) is 16.6 Å². The van der Waals surface area contributed by atoms with Gasteiger partial charge in [0.1, 0.15) is 0 Å². The van der Waals surface area contributed by atoms with E-state index in [2.05, 4.69) is 0 Å². The Labute approximate surface area is 109 Å².